The van der Waals surface area contributed by atoms with Gasteiger partial charge in [0.2, 0.25) is 5.91 Å². The monoisotopic (exact) mass is 436 g/mol. The maximum Gasteiger partial charge on any atom is 0.226 e. The third-order valence-electron chi connectivity index (χ3n) is 5.17. The third kappa shape index (κ3) is 4.52. The molecule has 0 radical (unpaired) electrons. The number of pyridine rings is 1. The molecule has 1 amide bonds. The van der Waals surface area contributed by atoms with Crippen LogP contribution in [0.3, 0.4) is 0 Å². The topological polar surface area (TPSA) is 57.3 Å². The van der Waals surface area contributed by atoms with E-state index in [1.807, 2.05) is 49.4 Å². The Bertz CT molecular complexity index is 1030. The molecular formula is C23H24N4OS2. The van der Waals surface area contributed by atoms with E-state index in [0.29, 0.717) is 18.1 Å². The number of hydrogen-bond donors (Lipinski definition) is 2. The average molecular weight is 437 g/mol. The van der Waals surface area contributed by atoms with Gasteiger partial charge in [-0.2, -0.15) is 0 Å². The van der Waals surface area contributed by atoms with Gasteiger partial charge in [-0.05, 0) is 62.5 Å². The maximum absolute atomic E-state index is 12.5. The van der Waals surface area contributed by atoms with Crippen LogP contribution in [0.25, 0.3) is 0 Å². The molecule has 3 heterocycles. The summed E-state index contributed by atoms with van der Waals surface area (Å²) < 4.78 is 0. The van der Waals surface area contributed by atoms with Gasteiger partial charge in [0.25, 0.3) is 0 Å². The van der Waals surface area contributed by atoms with Gasteiger partial charge in [-0.1, -0.05) is 23.8 Å². The highest BCUT2D eigenvalue weighted by atomic mass is 32.1. The van der Waals surface area contributed by atoms with Crippen LogP contribution in [-0.2, 0) is 4.79 Å². The van der Waals surface area contributed by atoms with E-state index in [1.54, 1.807) is 17.5 Å². The summed E-state index contributed by atoms with van der Waals surface area (Å²) in [5.41, 5.74) is 2.92. The SMILES string of the molecule is Cc1ccc(NC(=O)CCN2C(=S)N[C@@H](c3ccccn3)[C@@H]2c2ccc(C)s2)cc1. The third-order valence-corrected chi connectivity index (χ3v) is 6.59. The number of benzene rings is 1. The summed E-state index contributed by atoms with van der Waals surface area (Å²) in [4.78, 5) is 21.7. The molecule has 0 saturated carbocycles. The summed E-state index contributed by atoms with van der Waals surface area (Å²) in [6, 6.07) is 18.0. The van der Waals surface area contributed by atoms with E-state index >= 15 is 0 Å². The summed E-state index contributed by atoms with van der Waals surface area (Å²) in [5, 5.41) is 7.06. The molecule has 3 aromatic rings. The molecule has 1 fully saturated rings. The van der Waals surface area contributed by atoms with Crippen molar-refractivity contribution < 1.29 is 4.79 Å². The number of carbonyl (C=O) groups is 1. The number of amides is 1. The first kappa shape index (κ1) is 20.5. The number of anilines is 1. The van der Waals surface area contributed by atoms with Crippen molar-refractivity contribution in [2.24, 2.45) is 0 Å². The lowest BCUT2D eigenvalue weighted by atomic mass is 10.0. The lowest BCUT2D eigenvalue weighted by Crippen LogP contribution is -2.32. The van der Waals surface area contributed by atoms with Crippen molar-refractivity contribution in [1.82, 2.24) is 15.2 Å². The van der Waals surface area contributed by atoms with Crippen LogP contribution < -0.4 is 10.6 Å². The zero-order valence-electron chi connectivity index (χ0n) is 17.0. The highest BCUT2D eigenvalue weighted by Crippen LogP contribution is 2.41. The normalized spacial score (nSPS) is 18.3. The molecule has 0 unspecified atom stereocenters. The highest BCUT2D eigenvalue weighted by Gasteiger charge is 2.40. The van der Waals surface area contributed by atoms with Crippen LogP contribution in [0.2, 0.25) is 0 Å². The molecular weight excluding hydrogens is 412 g/mol. The molecule has 4 rings (SSSR count). The maximum atomic E-state index is 12.5. The van der Waals surface area contributed by atoms with Crippen molar-refractivity contribution in [2.75, 3.05) is 11.9 Å². The fourth-order valence-electron chi connectivity index (χ4n) is 3.65. The Kier molecular flexibility index (Phi) is 6.11. The predicted octanol–water partition coefficient (Wildman–Crippen LogP) is 4.76. The first-order valence-corrected chi connectivity index (χ1v) is 11.1. The Morgan fingerprint density at radius 1 is 1.17 bits per heavy atom. The van der Waals surface area contributed by atoms with Crippen LogP contribution in [0.4, 0.5) is 5.69 Å². The average Bonchev–Trinajstić information content (AvgIpc) is 3.31. The summed E-state index contributed by atoms with van der Waals surface area (Å²) in [5.74, 6) is -0.0240. The first-order valence-electron chi connectivity index (χ1n) is 9.92. The zero-order valence-corrected chi connectivity index (χ0v) is 18.6. The number of thiocarbonyl (C=S) groups is 1. The molecule has 0 bridgehead atoms. The molecule has 1 aliphatic rings. The van der Waals surface area contributed by atoms with Crippen LogP contribution in [0.5, 0.6) is 0 Å². The van der Waals surface area contributed by atoms with Gasteiger partial charge in [-0.3, -0.25) is 9.78 Å². The molecule has 0 aliphatic carbocycles. The molecule has 2 aromatic heterocycles. The Morgan fingerprint density at radius 3 is 2.63 bits per heavy atom. The second kappa shape index (κ2) is 8.93. The quantitative estimate of drug-likeness (QED) is 0.546. The molecule has 0 spiro atoms. The van der Waals surface area contributed by atoms with Gasteiger partial charge >= 0.3 is 0 Å². The Morgan fingerprint density at radius 2 is 1.97 bits per heavy atom. The van der Waals surface area contributed by atoms with E-state index in [-0.39, 0.29) is 18.0 Å². The van der Waals surface area contributed by atoms with Gasteiger partial charge < -0.3 is 15.5 Å². The number of thiophene rings is 1. The largest absolute Gasteiger partial charge is 0.352 e. The lowest BCUT2D eigenvalue weighted by Gasteiger charge is -2.26. The fourth-order valence-corrected chi connectivity index (χ4v) is 5.01. The lowest BCUT2D eigenvalue weighted by molar-refractivity contribution is -0.116. The van der Waals surface area contributed by atoms with Crippen molar-refractivity contribution in [3.8, 4) is 0 Å². The van der Waals surface area contributed by atoms with Crippen LogP contribution in [0.15, 0.2) is 60.8 Å². The molecule has 2 atom stereocenters. The van der Waals surface area contributed by atoms with Gasteiger partial charge in [0.15, 0.2) is 5.11 Å². The van der Waals surface area contributed by atoms with Gasteiger partial charge in [0.05, 0.1) is 17.8 Å². The first-order chi connectivity index (χ1) is 14.5. The van der Waals surface area contributed by atoms with Crippen LogP contribution in [0, 0.1) is 13.8 Å². The van der Waals surface area contributed by atoms with E-state index < -0.39 is 0 Å². The Labute approximate surface area is 186 Å². The molecule has 30 heavy (non-hydrogen) atoms. The van der Waals surface area contributed by atoms with Gasteiger partial charge in [-0.15, -0.1) is 11.3 Å². The number of rotatable bonds is 6. The van der Waals surface area contributed by atoms with E-state index in [2.05, 4.69) is 39.6 Å². The smallest absolute Gasteiger partial charge is 0.226 e. The van der Waals surface area contributed by atoms with Crippen LogP contribution in [0.1, 0.15) is 39.5 Å². The second-order valence-electron chi connectivity index (χ2n) is 7.43. The minimum atomic E-state index is -0.0445. The fraction of sp³-hybridized carbons (Fsp3) is 0.261. The minimum Gasteiger partial charge on any atom is -0.352 e. The second-order valence-corrected chi connectivity index (χ2v) is 9.14. The van der Waals surface area contributed by atoms with Crippen molar-refractivity contribution in [3.63, 3.8) is 0 Å². The molecule has 1 aromatic carbocycles. The summed E-state index contributed by atoms with van der Waals surface area (Å²) in [6.45, 7) is 4.66. The Balaban J connectivity index is 1.51. The molecule has 154 valence electrons. The van der Waals surface area contributed by atoms with E-state index in [4.69, 9.17) is 12.2 Å². The van der Waals surface area contributed by atoms with Crippen molar-refractivity contribution in [2.45, 2.75) is 32.4 Å². The van der Waals surface area contributed by atoms with Gasteiger partial charge in [-0.25, -0.2) is 0 Å². The summed E-state index contributed by atoms with van der Waals surface area (Å²) in [7, 11) is 0. The minimum absolute atomic E-state index is 0.0123. The molecule has 5 nitrogen and oxygen atoms in total. The predicted molar refractivity (Wildman–Crippen MR) is 126 cm³/mol. The van der Waals surface area contributed by atoms with Crippen molar-refractivity contribution in [3.05, 3.63) is 81.8 Å². The van der Waals surface area contributed by atoms with Crippen molar-refractivity contribution in [1.29, 1.82) is 0 Å². The highest BCUT2D eigenvalue weighted by molar-refractivity contribution is 7.80. The van der Waals surface area contributed by atoms with E-state index in [9.17, 15) is 4.79 Å². The molecule has 2 N–H and O–H groups in total. The molecule has 1 saturated heterocycles. The number of aryl methyl sites for hydroxylation is 2. The molecule has 7 heteroatoms. The number of aromatic nitrogens is 1. The number of nitrogens with zero attached hydrogens (tertiary/aromatic N) is 2. The van der Waals surface area contributed by atoms with E-state index in [0.717, 1.165) is 16.9 Å². The van der Waals surface area contributed by atoms with Gasteiger partial charge in [0.1, 0.15) is 0 Å². The van der Waals surface area contributed by atoms with Gasteiger partial charge in [0, 0.05) is 34.6 Å². The Hall–Kier alpha value is -2.77. The van der Waals surface area contributed by atoms with Crippen LogP contribution in [-0.4, -0.2) is 27.4 Å². The number of hydrogen-bond acceptors (Lipinski definition) is 4. The summed E-state index contributed by atoms with van der Waals surface area (Å²) >= 11 is 7.42. The van der Waals surface area contributed by atoms with Crippen LogP contribution >= 0.6 is 23.6 Å². The number of carbonyl (C=O) groups excluding carboxylic acids is 1. The van der Waals surface area contributed by atoms with E-state index in [1.165, 1.54) is 9.75 Å². The number of nitrogens with one attached hydrogen (secondary N) is 2. The molecule has 1 aliphatic heterocycles. The standard InChI is InChI=1S/C23H24N4OS2/c1-15-6-9-17(10-7-15)25-20(28)12-14-27-22(19-11-8-16(2)30-19)21(26-23(27)29)18-5-3-4-13-24-18/h3-11,13,21-22H,12,14H2,1-2H3,(H,25,28)(H,26,29)/t21-,22-/m0/s1. The van der Waals surface area contributed by atoms with Crippen molar-refractivity contribution >= 4 is 40.3 Å². The summed E-state index contributed by atoms with van der Waals surface area (Å²) in [6.07, 6.45) is 2.15. The zero-order chi connectivity index (χ0) is 21.1.